The van der Waals surface area contributed by atoms with Gasteiger partial charge >= 0.3 is 0 Å². The molecule has 3 N–H and O–H groups in total. The maximum atomic E-state index is 8.85. The molecule has 2 nitrogen and oxygen atoms in total. The third kappa shape index (κ3) is 3.65. The van der Waals surface area contributed by atoms with Crippen LogP contribution in [0.25, 0.3) is 0 Å². The Morgan fingerprint density at radius 1 is 1.20 bits per heavy atom. The molecule has 0 aliphatic rings. The minimum Gasteiger partial charge on any atom is -0.395 e. The van der Waals surface area contributed by atoms with Crippen molar-refractivity contribution in [3.8, 4) is 0 Å². The van der Waals surface area contributed by atoms with Crippen LogP contribution in [0.3, 0.4) is 0 Å². The quantitative estimate of drug-likeness (QED) is 0.794. The van der Waals surface area contributed by atoms with Gasteiger partial charge < -0.3 is 10.8 Å². The van der Waals surface area contributed by atoms with Gasteiger partial charge in [-0.2, -0.15) is 0 Å². The molecule has 1 aromatic carbocycles. The van der Waals surface area contributed by atoms with Crippen LogP contribution in [0.15, 0.2) is 24.3 Å². The van der Waals surface area contributed by atoms with Crippen LogP contribution in [0.5, 0.6) is 0 Å². The zero-order chi connectivity index (χ0) is 11.5. The lowest BCUT2D eigenvalue weighted by Gasteiger charge is -2.19. The first-order valence-corrected chi connectivity index (χ1v) is 5.39. The molecule has 15 heavy (non-hydrogen) atoms. The van der Waals surface area contributed by atoms with Crippen LogP contribution in [-0.4, -0.2) is 17.8 Å². The van der Waals surface area contributed by atoms with Crippen LogP contribution in [0.2, 0.25) is 0 Å². The Morgan fingerprint density at radius 3 is 2.13 bits per heavy atom. The Bertz CT molecular complexity index is 297. The number of aliphatic hydroxyl groups excluding tert-OH is 1. The van der Waals surface area contributed by atoms with Crippen LogP contribution < -0.4 is 5.73 Å². The lowest BCUT2D eigenvalue weighted by atomic mass is 9.86. The van der Waals surface area contributed by atoms with Crippen molar-refractivity contribution in [2.45, 2.75) is 38.6 Å². The van der Waals surface area contributed by atoms with E-state index >= 15 is 0 Å². The molecular formula is C13H21NO. The van der Waals surface area contributed by atoms with Crippen molar-refractivity contribution in [3.63, 3.8) is 0 Å². The molecule has 0 amide bonds. The zero-order valence-corrected chi connectivity index (χ0v) is 9.83. The van der Waals surface area contributed by atoms with Gasteiger partial charge in [-0.05, 0) is 23.0 Å². The highest BCUT2D eigenvalue weighted by Gasteiger charge is 2.13. The van der Waals surface area contributed by atoms with Crippen molar-refractivity contribution < 1.29 is 5.11 Å². The average molecular weight is 207 g/mol. The van der Waals surface area contributed by atoms with Crippen LogP contribution in [0, 0.1) is 0 Å². The fourth-order valence-corrected chi connectivity index (χ4v) is 1.51. The van der Waals surface area contributed by atoms with E-state index in [4.69, 9.17) is 10.8 Å². The predicted molar refractivity (Wildman–Crippen MR) is 63.9 cm³/mol. The van der Waals surface area contributed by atoms with Crippen molar-refractivity contribution >= 4 is 0 Å². The second-order valence-corrected chi connectivity index (χ2v) is 5.09. The molecule has 0 spiro atoms. The minimum absolute atomic E-state index is 0.0427. The first-order valence-electron chi connectivity index (χ1n) is 5.39. The minimum atomic E-state index is -0.148. The first kappa shape index (κ1) is 12.2. The summed E-state index contributed by atoms with van der Waals surface area (Å²) >= 11 is 0. The van der Waals surface area contributed by atoms with Crippen LogP contribution >= 0.6 is 0 Å². The molecule has 0 saturated heterocycles. The second kappa shape index (κ2) is 4.77. The third-order valence-corrected chi connectivity index (χ3v) is 2.55. The van der Waals surface area contributed by atoms with Gasteiger partial charge in [0.1, 0.15) is 0 Å². The van der Waals surface area contributed by atoms with Gasteiger partial charge in [-0.1, -0.05) is 45.0 Å². The van der Waals surface area contributed by atoms with Crippen LogP contribution in [-0.2, 0) is 11.8 Å². The van der Waals surface area contributed by atoms with Crippen LogP contribution in [0.4, 0.5) is 0 Å². The second-order valence-electron chi connectivity index (χ2n) is 5.09. The summed E-state index contributed by atoms with van der Waals surface area (Å²) in [6.07, 6.45) is 0.737. The molecule has 0 fully saturated rings. The average Bonchev–Trinajstić information content (AvgIpc) is 2.17. The Hall–Kier alpha value is -0.860. The van der Waals surface area contributed by atoms with E-state index in [1.807, 2.05) is 0 Å². The molecule has 0 unspecified atom stereocenters. The van der Waals surface area contributed by atoms with Crippen molar-refractivity contribution in [3.05, 3.63) is 35.4 Å². The molecule has 0 saturated carbocycles. The number of benzene rings is 1. The molecular weight excluding hydrogens is 186 g/mol. The monoisotopic (exact) mass is 207 g/mol. The fraction of sp³-hybridized carbons (Fsp3) is 0.538. The fourth-order valence-electron chi connectivity index (χ4n) is 1.51. The number of rotatable bonds is 3. The summed E-state index contributed by atoms with van der Waals surface area (Å²) in [5, 5.41) is 8.85. The lowest BCUT2D eigenvalue weighted by molar-refractivity contribution is 0.265. The molecule has 0 heterocycles. The van der Waals surface area contributed by atoms with Gasteiger partial charge in [0.15, 0.2) is 0 Å². The van der Waals surface area contributed by atoms with Crippen LogP contribution in [0.1, 0.15) is 31.9 Å². The van der Waals surface area contributed by atoms with Gasteiger partial charge in [-0.25, -0.2) is 0 Å². The zero-order valence-electron chi connectivity index (χ0n) is 9.83. The highest BCUT2D eigenvalue weighted by Crippen LogP contribution is 2.22. The molecule has 0 aromatic heterocycles. The van der Waals surface area contributed by atoms with E-state index in [2.05, 4.69) is 45.0 Å². The number of hydrogen-bond acceptors (Lipinski definition) is 2. The topological polar surface area (TPSA) is 46.2 Å². The molecule has 0 aliphatic heterocycles. The van der Waals surface area contributed by atoms with Gasteiger partial charge in [-0.3, -0.25) is 0 Å². The maximum absolute atomic E-state index is 8.85. The lowest BCUT2D eigenvalue weighted by Crippen LogP contribution is -2.26. The molecule has 84 valence electrons. The summed E-state index contributed by atoms with van der Waals surface area (Å²) in [6.45, 7) is 6.63. The van der Waals surface area contributed by atoms with E-state index in [0.29, 0.717) is 0 Å². The maximum Gasteiger partial charge on any atom is 0.0585 e. The standard InChI is InChI=1S/C13H21NO/c1-13(2,3)11-6-4-10(5-7-11)8-12(14)9-15/h4-7,12,15H,8-9,14H2,1-3H3/t12-/m1/s1. The Kier molecular flexibility index (Phi) is 3.89. The molecule has 0 bridgehead atoms. The summed E-state index contributed by atoms with van der Waals surface area (Å²) in [5.41, 5.74) is 8.38. The SMILES string of the molecule is CC(C)(C)c1ccc(C[C@@H](N)CO)cc1. The van der Waals surface area contributed by atoms with Gasteiger partial charge in [0.25, 0.3) is 0 Å². The summed E-state index contributed by atoms with van der Waals surface area (Å²) in [4.78, 5) is 0. The number of aliphatic hydroxyl groups is 1. The van der Waals surface area contributed by atoms with Gasteiger partial charge in [0, 0.05) is 6.04 Å². The molecule has 1 rings (SSSR count). The summed E-state index contributed by atoms with van der Waals surface area (Å²) in [7, 11) is 0. The molecule has 2 heteroatoms. The Labute approximate surface area is 92.1 Å². The van der Waals surface area contributed by atoms with Gasteiger partial charge in [0.05, 0.1) is 6.61 Å². The predicted octanol–water partition coefficient (Wildman–Crippen LogP) is 1.85. The smallest absolute Gasteiger partial charge is 0.0585 e. The number of hydrogen-bond donors (Lipinski definition) is 2. The highest BCUT2D eigenvalue weighted by molar-refractivity contribution is 5.27. The molecule has 0 aliphatic carbocycles. The Morgan fingerprint density at radius 2 is 1.73 bits per heavy atom. The molecule has 1 atom stereocenters. The summed E-state index contributed by atoms with van der Waals surface area (Å²) in [5.74, 6) is 0. The van der Waals surface area contributed by atoms with Crippen molar-refractivity contribution in [1.82, 2.24) is 0 Å². The highest BCUT2D eigenvalue weighted by atomic mass is 16.3. The summed E-state index contributed by atoms with van der Waals surface area (Å²) < 4.78 is 0. The van der Waals surface area contributed by atoms with E-state index in [1.165, 1.54) is 11.1 Å². The number of nitrogens with two attached hydrogens (primary N) is 1. The van der Waals surface area contributed by atoms with Crippen molar-refractivity contribution in [2.24, 2.45) is 5.73 Å². The first-order chi connectivity index (χ1) is 6.93. The van der Waals surface area contributed by atoms with E-state index in [9.17, 15) is 0 Å². The largest absolute Gasteiger partial charge is 0.395 e. The van der Waals surface area contributed by atoms with Crippen molar-refractivity contribution in [2.75, 3.05) is 6.61 Å². The molecule has 1 aromatic rings. The third-order valence-electron chi connectivity index (χ3n) is 2.55. The van der Waals surface area contributed by atoms with E-state index in [-0.39, 0.29) is 18.1 Å². The van der Waals surface area contributed by atoms with Gasteiger partial charge in [-0.15, -0.1) is 0 Å². The van der Waals surface area contributed by atoms with E-state index in [0.717, 1.165) is 6.42 Å². The Balaban J connectivity index is 2.73. The van der Waals surface area contributed by atoms with E-state index < -0.39 is 0 Å². The normalized spacial score (nSPS) is 13.9. The van der Waals surface area contributed by atoms with Crippen molar-refractivity contribution in [1.29, 1.82) is 0 Å². The molecule has 0 radical (unpaired) electrons. The van der Waals surface area contributed by atoms with Gasteiger partial charge in [0.2, 0.25) is 0 Å². The van der Waals surface area contributed by atoms with E-state index in [1.54, 1.807) is 0 Å². The summed E-state index contributed by atoms with van der Waals surface area (Å²) in [6, 6.07) is 8.32.